The number of hydrogen-bond acceptors (Lipinski definition) is 5. The van der Waals surface area contributed by atoms with E-state index in [1.807, 2.05) is 24.3 Å². The Morgan fingerprint density at radius 3 is 1.75 bits per heavy atom. The van der Waals surface area contributed by atoms with Crippen LogP contribution in [0.5, 0.6) is 0 Å². The second-order valence-corrected chi connectivity index (χ2v) is 10.1. The zero-order valence-corrected chi connectivity index (χ0v) is 21.4. The summed E-state index contributed by atoms with van der Waals surface area (Å²) in [4.78, 5) is 13.8. The molecule has 184 valence electrons. The molecule has 0 aliphatic carbocycles. The van der Waals surface area contributed by atoms with Gasteiger partial charge in [0.15, 0.2) is 0 Å². The van der Waals surface area contributed by atoms with E-state index in [0.29, 0.717) is 39.6 Å². The van der Waals surface area contributed by atoms with E-state index in [2.05, 4.69) is 52.5 Å². The summed E-state index contributed by atoms with van der Waals surface area (Å²) < 4.78 is 19.1. The molecule has 0 radical (unpaired) electrons. The van der Waals surface area contributed by atoms with E-state index in [1.54, 1.807) is 0 Å². The van der Waals surface area contributed by atoms with E-state index >= 15 is 0 Å². The molecule has 0 saturated carbocycles. The van der Waals surface area contributed by atoms with Crippen LogP contribution in [0.25, 0.3) is 0 Å². The number of para-hydroxylation sites is 2. The first-order valence-corrected chi connectivity index (χ1v) is 11.4. The Morgan fingerprint density at radius 1 is 0.781 bits per heavy atom. The van der Waals surface area contributed by atoms with Crippen molar-refractivity contribution < 1.29 is 28.0 Å². The normalized spacial score (nSPS) is 12.1. The van der Waals surface area contributed by atoms with Gasteiger partial charge in [-0.3, -0.25) is 4.79 Å². The number of quaternary nitrogens is 2. The van der Waals surface area contributed by atoms with Crippen molar-refractivity contribution in [2.75, 3.05) is 118 Å². The average molecular weight is 455 g/mol. The van der Waals surface area contributed by atoms with Crippen LogP contribution in [-0.2, 0) is 19.0 Å². The number of hydrogen-bond donors (Lipinski definition) is 1. The fourth-order valence-corrected chi connectivity index (χ4v) is 2.85. The number of benzene rings is 1. The second kappa shape index (κ2) is 14.4. The van der Waals surface area contributed by atoms with Gasteiger partial charge in [0.2, 0.25) is 5.91 Å². The molecule has 1 aromatic rings. The van der Waals surface area contributed by atoms with Gasteiger partial charge in [-0.2, -0.15) is 0 Å². The number of nitrogens with zero attached hydrogens (tertiary/aromatic N) is 3. The summed E-state index contributed by atoms with van der Waals surface area (Å²) in [5, 5.41) is 2.93. The Balaban J connectivity index is 2.53. The highest BCUT2D eigenvalue weighted by molar-refractivity contribution is 5.92. The molecule has 0 bridgehead atoms. The van der Waals surface area contributed by atoms with Gasteiger partial charge in [-0.05, 0) is 12.1 Å². The van der Waals surface area contributed by atoms with Gasteiger partial charge in [0, 0.05) is 20.0 Å². The highest BCUT2D eigenvalue weighted by atomic mass is 16.5. The third-order valence-electron chi connectivity index (χ3n) is 4.75. The molecule has 8 heteroatoms. The Hall–Kier alpha value is -1.71. The molecular weight excluding hydrogens is 408 g/mol. The van der Waals surface area contributed by atoms with Crippen LogP contribution in [0.4, 0.5) is 11.4 Å². The van der Waals surface area contributed by atoms with Crippen LogP contribution in [0.1, 0.15) is 6.92 Å². The third kappa shape index (κ3) is 14.4. The molecule has 0 aliphatic heterocycles. The minimum Gasteiger partial charge on any atom is -0.377 e. The Labute approximate surface area is 195 Å². The van der Waals surface area contributed by atoms with E-state index in [9.17, 15) is 4.79 Å². The molecule has 0 saturated heterocycles. The van der Waals surface area contributed by atoms with Crippen LogP contribution < -0.4 is 10.2 Å². The molecule has 0 unspecified atom stereocenters. The van der Waals surface area contributed by atoms with E-state index < -0.39 is 0 Å². The Bertz CT molecular complexity index is 656. The highest BCUT2D eigenvalue weighted by Crippen LogP contribution is 2.25. The number of rotatable bonds is 17. The first-order chi connectivity index (χ1) is 15.0. The molecule has 1 aromatic carbocycles. The predicted molar refractivity (Wildman–Crippen MR) is 131 cm³/mol. The second-order valence-electron chi connectivity index (χ2n) is 10.1. The van der Waals surface area contributed by atoms with Crippen LogP contribution >= 0.6 is 0 Å². The summed E-state index contributed by atoms with van der Waals surface area (Å²) in [5.74, 6) is -0.0844. The van der Waals surface area contributed by atoms with Crippen LogP contribution in [-0.4, -0.2) is 123 Å². The maximum absolute atomic E-state index is 11.6. The zero-order valence-electron chi connectivity index (χ0n) is 21.4. The smallest absolute Gasteiger partial charge is 0.221 e. The minimum absolute atomic E-state index is 0.0844. The van der Waals surface area contributed by atoms with Crippen LogP contribution in [0.15, 0.2) is 24.3 Å². The van der Waals surface area contributed by atoms with Crippen molar-refractivity contribution in [3.8, 4) is 0 Å². The number of likely N-dealkylation sites (N-methyl/N-ethyl adjacent to an activating group) is 2. The molecular formula is C24H46N4O4+2. The fraction of sp³-hybridized carbons (Fsp3) is 0.708. The third-order valence-corrected chi connectivity index (χ3v) is 4.75. The molecule has 0 aliphatic rings. The summed E-state index contributed by atoms with van der Waals surface area (Å²) in [6.45, 7) is 8.67. The van der Waals surface area contributed by atoms with Gasteiger partial charge in [0.05, 0.1) is 93.3 Å². The Kier molecular flexibility index (Phi) is 12.8. The van der Waals surface area contributed by atoms with E-state index in [4.69, 9.17) is 14.2 Å². The summed E-state index contributed by atoms with van der Waals surface area (Å²) in [6.07, 6.45) is 0. The van der Waals surface area contributed by atoms with Gasteiger partial charge in [0.25, 0.3) is 0 Å². The van der Waals surface area contributed by atoms with Crippen molar-refractivity contribution in [3.05, 3.63) is 24.3 Å². The van der Waals surface area contributed by atoms with Crippen molar-refractivity contribution in [2.45, 2.75) is 6.92 Å². The largest absolute Gasteiger partial charge is 0.377 e. The maximum atomic E-state index is 11.6. The molecule has 1 rings (SSSR count). The molecule has 0 fully saturated rings. The molecule has 0 atom stereocenters. The van der Waals surface area contributed by atoms with E-state index in [-0.39, 0.29) is 5.91 Å². The number of ether oxygens (including phenoxy) is 3. The van der Waals surface area contributed by atoms with Crippen molar-refractivity contribution in [1.29, 1.82) is 0 Å². The number of carbonyl (C=O) groups is 1. The SMILES string of the molecule is CC(=O)Nc1ccccc1N(CCOCCOCC[N+](C)(C)C)CCOCC[N+](C)(C)C. The molecule has 1 amide bonds. The molecule has 0 aromatic heterocycles. The summed E-state index contributed by atoms with van der Waals surface area (Å²) in [6, 6.07) is 7.85. The standard InChI is InChI=1S/C24H45N4O4/c1-22(29)25-23-10-8-9-11-24(23)26(12-16-30-18-14-27(2,3)4)13-17-31-20-21-32-19-15-28(5,6)7/h8-11H,12-21H2,1-7H3/q+1/p+1. The predicted octanol–water partition coefficient (Wildman–Crippen LogP) is 1.91. The van der Waals surface area contributed by atoms with Gasteiger partial charge in [-0.25, -0.2) is 0 Å². The van der Waals surface area contributed by atoms with Crippen molar-refractivity contribution >= 4 is 17.3 Å². The van der Waals surface area contributed by atoms with Gasteiger partial charge >= 0.3 is 0 Å². The quantitative estimate of drug-likeness (QED) is 0.288. The maximum Gasteiger partial charge on any atom is 0.221 e. The van der Waals surface area contributed by atoms with Crippen LogP contribution in [0, 0.1) is 0 Å². The number of anilines is 2. The lowest BCUT2D eigenvalue weighted by Gasteiger charge is -2.28. The summed E-state index contributed by atoms with van der Waals surface area (Å²) in [5.41, 5.74) is 1.77. The van der Waals surface area contributed by atoms with Crippen LogP contribution in [0.3, 0.4) is 0 Å². The lowest BCUT2D eigenvalue weighted by Crippen LogP contribution is -2.38. The lowest BCUT2D eigenvalue weighted by atomic mass is 10.2. The topological polar surface area (TPSA) is 60.0 Å². The van der Waals surface area contributed by atoms with Crippen molar-refractivity contribution in [3.63, 3.8) is 0 Å². The van der Waals surface area contributed by atoms with E-state index in [0.717, 1.165) is 46.6 Å². The average Bonchev–Trinajstić information content (AvgIpc) is 2.66. The molecule has 1 N–H and O–H groups in total. The fourth-order valence-electron chi connectivity index (χ4n) is 2.85. The summed E-state index contributed by atoms with van der Waals surface area (Å²) in [7, 11) is 12.9. The first kappa shape index (κ1) is 28.3. The van der Waals surface area contributed by atoms with Gasteiger partial charge in [-0.15, -0.1) is 0 Å². The number of amides is 1. The minimum atomic E-state index is -0.0844. The lowest BCUT2D eigenvalue weighted by molar-refractivity contribution is -0.870. The van der Waals surface area contributed by atoms with Crippen molar-refractivity contribution in [2.24, 2.45) is 0 Å². The highest BCUT2D eigenvalue weighted by Gasteiger charge is 2.13. The molecule has 32 heavy (non-hydrogen) atoms. The molecule has 0 spiro atoms. The van der Waals surface area contributed by atoms with Gasteiger partial charge in [-0.1, -0.05) is 12.1 Å². The monoisotopic (exact) mass is 454 g/mol. The number of nitrogens with one attached hydrogen (secondary N) is 1. The Morgan fingerprint density at radius 2 is 1.25 bits per heavy atom. The molecule has 0 heterocycles. The summed E-state index contributed by atoms with van der Waals surface area (Å²) >= 11 is 0. The van der Waals surface area contributed by atoms with Crippen LogP contribution in [0.2, 0.25) is 0 Å². The molecule has 8 nitrogen and oxygen atoms in total. The zero-order chi connectivity index (χ0) is 24.0. The number of carbonyl (C=O) groups excluding carboxylic acids is 1. The van der Waals surface area contributed by atoms with Gasteiger partial charge < -0.3 is 33.4 Å². The van der Waals surface area contributed by atoms with Crippen molar-refractivity contribution in [1.82, 2.24) is 0 Å². The van der Waals surface area contributed by atoms with E-state index in [1.165, 1.54) is 6.92 Å². The van der Waals surface area contributed by atoms with Gasteiger partial charge in [0.1, 0.15) is 13.1 Å². The first-order valence-electron chi connectivity index (χ1n) is 11.4.